The quantitative estimate of drug-likeness (QED) is 0.672. The molecule has 2 aliphatic heterocycles. The maximum atomic E-state index is 9.95. The molecule has 1 aromatic rings. The molecule has 0 radical (unpaired) electrons. The maximum absolute atomic E-state index is 9.95. The summed E-state index contributed by atoms with van der Waals surface area (Å²) in [7, 11) is 0. The number of nitrogens with one attached hydrogen (secondary N) is 1. The van der Waals surface area contributed by atoms with Gasteiger partial charge < -0.3 is 15.2 Å². The Balaban J connectivity index is 2.09. The van der Waals surface area contributed by atoms with Crippen LogP contribution in [0, 0.1) is 0 Å². The minimum Gasteiger partial charge on any atom is -0.508 e. The van der Waals surface area contributed by atoms with Crippen molar-refractivity contribution in [2.24, 2.45) is 0 Å². The molecule has 3 rings (SSSR count). The van der Waals surface area contributed by atoms with Crippen LogP contribution in [0.1, 0.15) is 18.4 Å². The lowest BCUT2D eigenvalue weighted by molar-refractivity contribution is 0.218. The van der Waals surface area contributed by atoms with E-state index in [1.165, 1.54) is 0 Å². The van der Waals surface area contributed by atoms with Gasteiger partial charge in [0.05, 0.1) is 6.61 Å². The molecule has 2 aliphatic rings. The highest BCUT2D eigenvalue weighted by molar-refractivity contribution is 5.52. The average molecular weight is 205 g/mol. The molecule has 0 aliphatic carbocycles. The first kappa shape index (κ1) is 9.04. The third-order valence-corrected chi connectivity index (χ3v) is 3.60. The van der Waals surface area contributed by atoms with Gasteiger partial charge in [0, 0.05) is 11.0 Å². The average Bonchev–Trinajstić information content (AvgIpc) is 2.60. The normalized spacial score (nSPS) is 22.4. The van der Waals surface area contributed by atoms with Crippen molar-refractivity contribution in [3.8, 4) is 11.5 Å². The van der Waals surface area contributed by atoms with E-state index in [-0.39, 0.29) is 5.41 Å². The zero-order valence-electron chi connectivity index (χ0n) is 8.62. The van der Waals surface area contributed by atoms with Gasteiger partial charge in [-0.05, 0) is 38.1 Å². The van der Waals surface area contributed by atoms with Crippen molar-refractivity contribution >= 4 is 0 Å². The first-order valence-corrected chi connectivity index (χ1v) is 5.48. The number of aromatic hydroxyl groups is 1. The second-order valence-corrected chi connectivity index (χ2v) is 4.47. The summed E-state index contributed by atoms with van der Waals surface area (Å²) in [6.07, 6.45) is 2.11. The number of fused-ring (bicyclic) bond motifs is 2. The number of benzene rings is 1. The highest BCUT2D eigenvalue weighted by atomic mass is 16.5. The Hall–Kier alpha value is -1.22. The topological polar surface area (TPSA) is 41.5 Å². The van der Waals surface area contributed by atoms with Crippen LogP contribution < -0.4 is 10.1 Å². The Bertz CT molecular complexity index is 378. The summed E-state index contributed by atoms with van der Waals surface area (Å²) < 4.78 is 5.68. The minimum atomic E-state index is 0.0614. The van der Waals surface area contributed by atoms with Crippen molar-refractivity contribution in [1.82, 2.24) is 5.32 Å². The molecular formula is C12H15NO2. The molecule has 3 nitrogen and oxygen atoms in total. The Morgan fingerprint density at radius 2 is 2.07 bits per heavy atom. The lowest BCUT2D eigenvalue weighted by atomic mass is 9.74. The third-order valence-electron chi connectivity index (χ3n) is 3.60. The molecule has 1 saturated heterocycles. The van der Waals surface area contributed by atoms with Crippen molar-refractivity contribution in [3.05, 3.63) is 23.8 Å². The molecule has 0 aromatic heterocycles. The van der Waals surface area contributed by atoms with E-state index in [4.69, 9.17) is 4.74 Å². The van der Waals surface area contributed by atoms with Gasteiger partial charge in [0.2, 0.25) is 0 Å². The van der Waals surface area contributed by atoms with Crippen LogP contribution in [0.15, 0.2) is 18.2 Å². The molecule has 0 saturated carbocycles. The van der Waals surface area contributed by atoms with E-state index in [0.717, 1.165) is 43.9 Å². The van der Waals surface area contributed by atoms with Gasteiger partial charge in [-0.15, -0.1) is 0 Å². The zero-order valence-corrected chi connectivity index (χ0v) is 8.62. The SMILES string of the molecule is Oc1cccc2c1C1(CCNCC1)CO2. The number of phenols is 1. The summed E-state index contributed by atoms with van der Waals surface area (Å²) in [5.41, 5.74) is 1.10. The van der Waals surface area contributed by atoms with E-state index in [1.807, 2.05) is 12.1 Å². The van der Waals surface area contributed by atoms with Crippen LogP contribution in [0.3, 0.4) is 0 Å². The molecule has 0 atom stereocenters. The molecule has 80 valence electrons. The van der Waals surface area contributed by atoms with Gasteiger partial charge >= 0.3 is 0 Å². The van der Waals surface area contributed by atoms with Crippen LogP contribution in [0.2, 0.25) is 0 Å². The van der Waals surface area contributed by atoms with E-state index in [0.29, 0.717) is 5.75 Å². The van der Waals surface area contributed by atoms with Crippen LogP contribution in [-0.2, 0) is 5.41 Å². The van der Waals surface area contributed by atoms with Crippen molar-refractivity contribution in [3.63, 3.8) is 0 Å². The lowest BCUT2D eigenvalue weighted by Gasteiger charge is -2.32. The number of hydrogen-bond acceptors (Lipinski definition) is 3. The number of rotatable bonds is 0. The zero-order chi connectivity index (χ0) is 10.3. The summed E-state index contributed by atoms with van der Waals surface area (Å²) in [6.45, 7) is 2.75. The molecule has 1 aromatic carbocycles. The summed E-state index contributed by atoms with van der Waals surface area (Å²) in [5, 5.41) is 13.3. The third kappa shape index (κ3) is 1.23. The Labute approximate surface area is 89.1 Å². The molecule has 2 heterocycles. The molecule has 0 amide bonds. The first-order valence-electron chi connectivity index (χ1n) is 5.48. The van der Waals surface area contributed by atoms with E-state index in [9.17, 15) is 5.11 Å². The largest absolute Gasteiger partial charge is 0.508 e. The molecule has 0 unspecified atom stereocenters. The first-order chi connectivity index (χ1) is 7.32. The highest BCUT2D eigenvalue weighted by Gasteiger charge is 2.43. The molecular weight excluding hydrogens is 190 g/mol. The van der Waals surface area contributed by atoms with Gasteiger partial charge in [-0.1, -0.05) is 6.07 Å². The highest BCUT2D eigenvalue weighted by Crippen LogP contribution is 2.48. The molecule has 0 bridgehead atoms. The van der Waals surface area contributed by atoms with Crippen molar-refractivity contribution in [2.75, 3.05) is 19.7 Å². The summed E-state index contributed by atoms with van der Waals surface area (Å²) in [4.78, 5) is 0. The number of ether oxygens (including phenoxy) is 1. The Morgan fingerprint density at radius 3 is 2.87 bits per heavy atom. The van der Waals surface area contributed by atoms with E-state index < -0.39 is 0 Å². The smallest absolute Gasteiger partial charge is 0.126 e. The molecule has 1 fully saturated rings. The van der Waals surface area contributed by atoms with Crippen LogP contribution in [-0.4, -0.2) is 24.8 Å². The van der Waals surface area contributed by atoms with Gasteiger partial charge in [0.15, 0.2) is 0 Å². The number of hydrogen-bond donors (Lipinski definition) is 2. The van der Waals surface area contributed by atoms with Gasteiger partial charge in [-0.25, -0.2) is 0 Å². The van der Waals surface area contributed by atoms with Crippen LogP contribution in [0.25, 0.3) is 0 Å². The minimum absolute atomic E-state index is 0.0614. The number of piperidine rings is 1. The predicted molar refractivity (Wildman–Crippen MR) is 57.4 cm³/mol. The van der Waals surface area contributed by atoms with Gasteiger partial charge in [-0.2, -0.15) is 0 Å². The molecule has 2 N–H and O–H groups in total. The maximum Gasteiger partial charge on any atom is 0.126 e. The van der Waals surface area contributed by atoms with E-state index in [2.05, 4.69) is 5.32 Å². The van der Waals surface area contributed by atoms with Crippen molar-refractivity contribution in [1.29, 1.82) is 0 Å². The van der Waals surface area contributed by atoms with Gasteiger partial charge in [0.1, 0.15) is 11.5 Å². The summed E-state index contributed by atoms with van der Waals surface area (Å²) in [6, 6.07) is 5.55. The summed E-state index contributed by atoms with van der Waals surface area (Å²) in [5.74, 6) is 1.27. The predicted octanol–water partition coefficient (Wildman–Crippen LogP) is 1.41. The van der Waals surface area contributed by atoms with E-state index >= 15 is 0 Å². The lowest BCUT2D eigenvalue weighted by Crippen LogP contribution is -2.40. The molecule has 15 heavy (non-hydrogen) atoms. The van der Waals surface area contributed by atoms with Gasteiger partial charge in [-0.3, -0.25) is 0 Å². The fourth-order valence-corrected chi connectivity index (χ4v) is 2.76. The molecule has 1 spiro atoms. The Kier molecular flexibility index (Phi) is 1.89. The standard InChI is InChI=1S/C12H15NO2/c14-9-2-1-3-10-11(9)12(8-15-10)4-6-13-7-5-12/h1-3,13-14H,4-8H2. The van der Waals surface area contributed by atoms with Crippen LogP contribution in [0.4, 0.5) is 0 Å². The molecule has 3 heteroatoms. The van der Waals surface area contributed by atoms with Crippen molar-refractivity contribution in [2.45, 2.75) is 18.3 Å². The number of phenolic OH excluding ortho intramolecular Hbond substituents is 1. The fourth-order valence-electron chi connectivity index (χ4n) is 2.76. The summed E-state index contributed by atoms with van der Waals surface area (Å²) >= 11 is 0. The second-order valence-electron chi connectivity index (χ2n) is 4.47. The van der Waals surface area contributed by atoms with Crippen molar-refractivity contribution < 1.29 is 9.84 Å². The van der Waals surface area contributed by atoms with Gasteiger partial charge in [0.25, 0.3) is 0 Å². The Morgan fingerprint density at radius 1 is 1.27 bits per heavy atom. The van der Waals surface area contributed by atoms with Crippen LogP contribution >= 0.6 is 0 Å². The fraction of sp³-hybridized carbons (Fsp3) is 0.500. The second kappa shape index (κ2) is 3.14. The van der Waals surface area contributed by atoms with E-state index in [1.54, 1.807) is 6.07 Å². The van der Waals surface area contributed by atoms with Crippen LogP contribution in [0.5, 0.6) is 11.5 Å². The monoisotopic (exact) mass is 205 g/mol.